The van der Waals surface area contributed by atoms with E-state index in [1.165, 1.54) is 0 Å². The van der Waals surface area contributed by atoms with Crippen LogP contribution in [0.15, 0.2) is 19.0 Å². The molecule has 0 aliphatic rings. The minimum atomic E-state index is 0.105. The molecule has 0 spiro atoms. The van der Waals surface area contributed by atoms with Crippen LogP contribution in [0.5, 0.6) is 0 Å². The van der Waals surface area contributed by atoms with E-state index in [4.69, 9.17) is 0 Å². The topological polar surface area (TPSA) is 42.7 Å². The zero-order valence-electron chi connectivity index (χ0n) is 10.5. The van der Waals surface area contributed by atoms with Gasteiger partial charge in [-0.1, -0.05) is 6.08 Å². The van der Waals surface area contributed by atoms with E-state index in [9.17, 15) is 0 Å². The lowest BCUT2D eigenvalue weighted by molar-refractivity contribution is 0.416. The second-order valence-corrected chi connectivity index (χ2v) is 4.96. The first-order chi connectivity index (χ1) is 7.51. The summed E-state index contributed by atoms with van der Waals surface area (Å²) in [6, 6.07) is 0. The highest BCUT2D eigenvalue weighted by Gasteiger charge is 2.10. The number of nitrogens with zero attached hydrogens (tertiary/aromatic N) is 3. The first-order valence-electron chi connectivity index (χ1n) is 5.75. The molecule has 0 atom stereocenters. The van der Waals surface area contributed by atoms with Gasteiger partial charge in [0.15, 0.2) is 5.82 Å². The maximum absolute atomic E-state index is 4.39. The van der Waals surface area contributed by atoms with Gasteiger partial charge in [0.05, 0.1) is 6.54 Å². The molecule has 1 heterocycles. The highest BCUT2D eigenvalue weighted by molar-refractivity contribution is 4.84. The number of unbranched alkanes of at least 4 members (excludes halogenated alkanes) is 1. The van der Waals surface area contributed by atoms with E-state index >= 15 is 0 Å². The quantitative estimate of drug-likeness (QED) is 0.592. The number of aromatic nitrogens is 3. The lowest BCUT2D eigenvalue weighted by atomic mass is 10.1. The Hall–Kier alpha value is -1.16. The second kappa shape index (κ2) is 5.80. The highest BCUT2D eigenvalue weighted by Crippen LogP contribution is 2.01. The third-order valence-electron chi connectivity index (χ3n) is 2.16. The molecule has 1 aromatic heterocycles. The molecule has 0 saturated heterocycles. The molecule has 0 aromatic carbocycles. The van der Waals surface area contributed by atoms with Gasteiger partial charge < -0.3 is 5.32 Å². The Bertz CT molecular complexity index is 322. The predicted molar refractivity (Wildman–Crippen MR) is 66.0 cm³/mol. The van der Waals surface area contributed by atoms with Gasteiger partial charge in [0.25, 0.3) is 0 Å². The number of rotatable bonds is 6. The molecule has 0 aliphatic carbocycles. The fourth-order valence-corrected chi connectivity index (χ4v) is 1.26. The summed E-state index contributed by atoms with van der Waals surface area (Å²) in [5, 5.41) is 7.76. The Morgan fingerprint density at radius 3 is 2.88 bits per heavy atom. The van der Waals surface area contributed by atoms with Crippen LogP contribution in [0.25, 0.3) is 0 Å². The van der Waals surface area contributed by atoms with Crippen molar-refractivity contribution >= 4 is 0 Å². The molecule has 1 N–H and O–H groups in total. The predicted octanol–water partition coefficient (Wildman–Crippen LogP) is 2.13. The first kappa shape index (κ1) is 12.9. The van der Waals surface area contributed by atoms with Crippen LogP contribution in [-0.2, 0) is 13.1 Å². The maximum atomic E-state index is 4.39. The van der Waals surface area contributed by atoms with Crippen molar-refractivity contribution in [3.05, 3.63) is 24.8 Å². The Balaban J connectivity index is 2.36. The molecule has 16 heavy (non-hydrogen) atoms. The fourth-order valence-electron chi connectivity index (χ4n) is 1.26. The Morgan fingerprint density at radius 2 is 2.25 bits per heavy atom. The summed E-state index contributed by atoms with van der Waals surface area (Å²) in [4.78, 5) is 4.26. The van der Waals surface area contributed by atoms with Crippen molar-refractivity contribution in [2.45, 2.75) is 52.2 Å². The average Bonchev–Trinajstić information content (AvgIpc) is 2.62. The smallest absolute Gasteiger partial charge is 0.164 e. The van der Waals surface area contributed by atoms with E-state index in [1.807, 2.05) is 10.8 Å². The minimum absolute atomic E-state index is 0.105. The van der Waals surface area contributed by atoms with Crippen molar-refractivity contribution in [3.8, 4) is 0 Å². The lowest BCUT2D eigenvalue weighted by Crippen LogP contribution is -2.35. The van der Waals surface area contributed by atoms with E-state index in [0.29, 0.717) is 0 Å². The van der Waals surface area contributed by atoms with Gasteiger partial charge in [-0.05, 0) is 33.6 Å². The SMILES string of the molecule is C=CCCCn1cnc(CNC(C)(C)C)n1. The van der Waals surface area contributed by atoms with Crippen molar-refractivity contribution < 1.29 is 0 Å². The molecule has 0 radical (unpaired) electrons. The highest BCUT2D eigenvalue weighted by atomic mass is 15.3. The summed E-state index contributed by atoms with van der Waals surface area (Å²) in [7, 11) is 0. The summed E-state index contributed by atoms with van der Waals surface area (Å²) in [5.41, 5.74) is 0.105. The standard InChI is InChI=1S/C12H22N4/c1-5-6-7-8-16-10-13-11(15-16)9-14-12(2,3)4/h5,10,14H,1,6-9H2,2-4H3. The molecule has 0 saturated carbocycles. The number of aryl methyl sites for hydroxylation is 1. The van der Waals surface area contributed by atoms with Crippen LogP contribution >= 0.6 is 0 Å². The van der Waals surface area contributed by atoms with Gasteiger partial charge in [-0.3, -0.25) is 4.68 Å². The molecule has 4 heteroatoms. The second-order valence-electron chi connectivity index (χ2n) is 4.96. The number of hydrogen-bond donors (Lipinski definition) is 1. The van der Waals surface area contributed by atoms with Crippen LogP contribution in [-0.4, -0.2) is 20.3 Å². The Labute approximate surface area is 97.8 Å². The molecule has 0 bridgehead atoms. The summed E-state index contributed by atoms with van der Waals surface area (Å²) in [6.45, 7) is 11.7. The first-order valence-corrected chi connectivity index (χ1v) is 5.75. The van der Waals surface area contributed by atoms with Crippen LogP contribution in [0.3, 0.4) is 0 Å². The van der Waals surface area contributed by atoms with E-state index in [1.54, 1.807) is 6.33 Å². The summed E-state index contributed by atoms with van der Waals surface area (Å²) in [5.74, 6) is 0.855. The lowest BCUT2D eigenvalue weighted by Gasteiger charge is -2.19. The number of allylic oxidation sites excluding steroid dienone is 1. The molecule has 90 valence electrons. The maximum Gasteiger partial charge on any atom is 0.164 e. The molecule has 1 aromatic rings. The number of nitrogens with one attached hydrogen (secondary N) is 1. The van der Waals surface area contributed by atoms with Crippen LogP contribution < -0.4 is 5.32 Å². The van der Waals surface area contributed by atoms with Gasteiger partial charge in [-0.25, -0.2) is 4.98 Å². The Kier molecular flexibility index (Phi) is 4.68. The minimum Gasteiger partial charge on any atom is -0.305 e. The largest absolute Gasteiger partial charge is 0.305 e. The molecular formula is C12H22N4. The van der Waals surface area contributed by atoms with Crippen molar-refractivity contribution in [1.82, 2.24) is 20.1 Å². The third-order valence-corrected chi connectivity index (χ3v) is 2.16. The zero-order valence-corrected chi connectivity index (χ0v) is 10.5. The van der Waals surface area contributed by atoms with Gasteiger partial charge in [0.1, 0.15) is 6.33 Å². The molecule has 0 aliphatic heterocycles. The van der Waals surface area contributed by atoms with Crippen molar-refractivity contribution in [3.63, 3.8) is 0 Å². The summed E-state index contributed by atoms with van der Waals surface area (Å²) in [6.07, 6.45) is 5.82. The van der Waals surface area contributed by atoms with Crippen LogP contribution in [0, 0.1) is 0 Å². The molecule has 1 rings (SSSR count). The summed E-state index contributed by atoms with van der Waals surface area (Å²) < 4.78 is 1.89. The van der Waals surface area contributed by atoms with Crippen LogP contribution in [0.2, 0.25) is 0 Å². The normalized spacial score (nSPS) is 11.7. The molecule has 0 unspecified atom stereocenters. The molecule has 4 nitrogen and oxygen atoms in total. The van der Waals surface area contributed by atoms with E-state index in [-0.39, 0.29) is 5.54 Å². The zero-order chi connectivity index (χ0) is 12.0. The Morgan fingerprint density at radius 1 is 1.50 bits per heavy atom. The van der Waals surface area contributed by atoms with Crippen LogP contribution in [0.1, 0.15) is 39.4 Å². The number of hydrogen-bond acceptors (Lipinski definition) is 3. The molecular weight excluding hydrogens is 200 g/mol. The van der Waals surface area contributed by atoms with Gasteiger partial charge in [0, 0.05) is 12.1 Å². The van der Waals surface area contributed by atoms with Gasteiger partial charge in [-0.2, -0.15) is 5.10 Å². The molecule has 0 fully saturated rings. The van der Waals surface area contributed by atoms with Crippen molar-refractivity contribution in [2.24, 2.45) is 0 Å². The van der Waals surface area contributed by atoms with Gasteiger partial charge in [-0.15, -0.1) is 6.58 Å². The van der Waals surface area contributed by atoms with E-state index < -0.39 is 0 Å². The van der Waals surface area contributed by atoms with Crippen LogP contribution in [0.4, 0.5) is 0 Å². The van der Waals surface area contributed by atoms with Crippen molar-refractivity contribution in [2.75, 3.05) is 0 Å². The summed E-state index contributed by atoms with van der Waals surface area (Å²) >= 11 is 0. The monoisotopic (exact) mass is 222 g/mol. The fraction of sp³-hybridized carbons (Fsp3) is 0.667. The van der Waals surface area contributed by atoms with Gasteiger partial charge >= 0.3 is 0 Å². The van der Waals surface area contributed by atoms with E-state index in [2.05, 4.69) is 42.7 Å². The van der Waals surface area contributed by atoms with E-state index in [0.717, 1.165) is 31.8 Å². The third kappa shape index (κ3) is 5.07. The van der Waals surface area contributed by atoms with Crippen molar-refractivity contribution in [1.29, 1.82) is 0 Å². The van der Waals surface area contributed by atoms with Gasteiger partial charge in [0.2, 0.25) is 0 Å². The average molecular weight is 222 g/mol. The molecule has 0 amide bonds.